The van der Waals surface area contributed by atoms with Crippen LogP contribution in [0.25, 0.3) is 10.7 Å². The summed E-state index contributed by atoms with van der Waals surface area (Å²) >= 11 is 6.92. The second-order valence-electron chi connectivity index (χ2n) is 4.18. The summed E-state index contributed by atoms with van der Waals surface area (Å²) in [4.78, 5) is 8.00. The maximum atomic E-state index is 5.24. The van der Waals surface area contributed by atoms with Crippen molar-refractivity contribution in [2.24, 2.45) is 0 Å². The molecule has 0 saturated heterocycles. The summed E-state index contributed by atoms with van der Waals surface area (Å²) in [5, 5.41) is 8.25. The average Bonchev–Trinajstić information content (AvgIpc) is 2.94. The highest BCUT2D eigenvalue weighted by Crippen LogP contribution is 2.33. The van der Waals surface area contributed by atoms with Gasteiger partial charge < -0.3 is 4.90 Å². The Kier molecular flexibility index (Phi) is 4.36. The van der Waals surface area contributed by atoms with Crippen LogP contribution in [0.1, 0.15) is 26.5 Å². The molecule has 0 aliphatic rings. The van der Waals surface area contributed by atoms with E-state index >= 15 is 0 Å². The Bertz CT molecular complexity index is 606. The van der Waals surface area contributed by atoms with E-state index in [0.717, 1.165) is 41.2 Å². The molecule has 0 aliphatic carbocycles. The summed E-state index contributed by atoms with van der Waals surface area (Å²) < 4.78 is 2.66. The third-order valence-corrected chi connectivity index (χ3v) is 4.62. The van der Waals surface area contributed by atoms with Crippen LogP contribution in [0.2, 0.25) is 0 Å². The monoisotopic (exact) mass is 297 g/mol. The lowest BCUT2D eigenvalue weighted by atomic mass is 10.4. The average molecular weight is 297 g/mol. The number of hydrogen-bond donors (Lipinski definition) is 1. The summed E-state index contributed by atoms with van der Waals surface area (Å²) in [5.41, 5.74) is 1.01. The van der Waals surface area contributed by atoms with Gasteiger partial charge in [-0.1, -0.05) is 11.3 Å². The van der Waals surface area contributed by atoms with Gasteiger partial charge >= 0.3 is 0 Å². The van der Waals surface area contributed by atoms with Gasteiger partial charge in [-0.3, -0.25) is 9.67 Å². The molecule has 0 amide bonds. The maximum Gasteiger partial charge on any atom is 0.195 e. The van der Waals surface area contributed by atoms with Crippen molar-refractivity contribution in [2.75, 3.05) is 18.0 Å². The Balaban J connectivity index is 2.48. The Morgan fingerprint density at radius 2 is 2.00 bits per heavy atom. The number of aromatic amines is 1. The number of anilines is 1. The molecule has 2 aromatic rings. The van der Waals surface area contributed by atoms with Gasteiger partial charge in [-0.25, -0.2) is 4.98 Å². The predicted octanol–water partition coefficient (Wildman–Crippen LogP) is 3.24. The van der Waals surface area contributed by atoms with E-state index in [0.29, 0.717) is 4.77 Å². The second kappa shape index (κ2) is 5.83. The lowest BCUT2D eigenvalue weighted by molar-refractivity contribution is 0.756. The minimum Gasteiger partial charge on any atom is -0.349 e. The molecule has 0 fully saturated rings. The Morgan fingerprint density at radius 1 is 1.32 bits per heavy atom. The Morgan fingerprint density at radius 3 is 2.58 bits per heavy atom. The molecule has 0 aliphatic heterocycles. The highest BCUT2D eigenvalue weighted by atomic mass is 32.1. The predicted molar refractivity (Wildman–Crippen MR) is 82.5 cm³/mol. The molecule has 0 unspecified atom stereocenters. The first-order valence-corrected chi connectivity index (χ1v) is 7.72. The van der Waals surface area contributed by atoms with Crippen LogP contribution in [0.15, 0.2) is 0 Å². The maximum absolute atomic E-state index is 5.24. The van der Waals surface area contributed by atoms with Crippen molar-refractivity contribution in [1.29, 1.82) is 0 Å². The number of rotatable bonds is 5. The van der Waals surface area contributed by atoms with Crippen molar-refractivity contribution in [3.8, 4) is 10.7 Å². The number of H-pyrrole nitrogens is 1. The van der Waals surface area contributed by atoms with Crippen LogP contribution in [0.5, 0.6) is 0 Å². The zero-order chi connectivity index (χ0) is 14.0. The van der Waals surface area contributed by atoms with E-state index < -0.39 is 0 Å². The van der Waals surface area contributed by atoms with E-state index in [1.54, 1.807) is 11.3 Å². The minimum absolute atomic E-state index is 0.662. The molecule has 2 aromatic heterocycles. The van der Waals surface area contributed by atoms with E-state index in [4.69, 9.17) is 12.2 Å². The van der Waals surface area contributed by atoms with Crippen molar-refractivity contribution < 1.29 is 0 Å². The largest absolute Gasteiger partial charge is 0.349 e. The number of hydrogen-bond acceptors (Lipinski definition) is 5. The van der Waals surface area contributed by atoms with Gasteiger partial charge in [0.25, 0.3) is 0 Å². The van der Waals surface area contributed by atoms with E-state index in [1.807, 2.05) is 11.5 Å². The van der Waals surface area contributed by atoms with E-state index in [1.165, 1.54) is 0 Å². The first-order valence-electron chi connectivity index (χ1n) is 6.50. The summed E-state index contributed by atoms with van der Waals surface area (Å²) in [6.07, 6.45) is 0. The van der Waals surface area contributed by atoms with Crippen molar-refractivity contribution in [3.05, 3.63) is 10.5 Å². The number of thiazole rings is 1. The van der Waals surface area contributed by atoms with Crippen LogP contribution in [0, 0.1) is 11.7 Å². The summed E-state index contributed by atoms with van der Waals surface area (Å²) in [5.74, 6) is 0.890. The van der Waals surface area contributed by atoms with Crippen LogP contribution in [-0.4, -0.2) is 32.8 Å². The molecule has 0 radical (unpaired) electrons. The third-order valence-electron chi connectivity index (χ3n) is 3.10. The highest BCUT2D eigenvalue weighted by Gasteiger charge is 2.17. The van der Waals surface area contributed by atoms with Gasteiger partial charge in [-0.15, -0.1) is 0 Å². The third kappa shape index (κ3) is 2.57. The zero-order valence-corrected chi connectivity index (χ0v) is 13.4. The minimum atomic E-state index is 0.662. The molecule has 104 valence electrons. The summed E-state index contributed by atoms with van der Waals surface area (Å²) in [7, 11) is 0. The molecule has 2 rings (SSSR count). The van der Waals surface area contributed by atoms with Gasteiger partial charge in [0.15, 0.2) is 15.7 Å². The first-order chi connectivity index (χ1) is 9.12. The van der Waals surface area contributed by atoms with Crippen LogP contribution >= 0.6 is 23.6 Å². The lowest BCUT2D eigenvalue weighted by Crippen LogP contribution is -2.21. The molecule has 0 aromatic carbocycles. The fraction of sp³-hybridized carbons (Fsp3) is 0.583. The molecule has 0 saturated carbocycles. The first kappa shape index (κ1) is 14.2. The van der Waals surface area contributed by atoms with Gasteiger partial charge in [-0.05, 0) is 39.9 Å². The molecule has 1 N–H and O–H groups in total. The highest BCUT2D eigenvalue weighted by molar-refractivity contribution is 7.71. The van der Waals surface area contributed by atoms with Gasteiger partial charge in [0.2, 0.25) is 0 Å². The van der Waals surface area contributed by atoms with Crippen molar-refractivity contribution in [1.82, 2.24) is 19.7 Å². The number of nitrogens with one attached hydrogen (secondary N) is 1. The van der Waals surface area contributed by atoms with E-state index in [9.17, 15) is 0 Å². The molecule has 0 bridgehead atoms. The molecule has 19 heavy (non-hydrogen) atoms. The smallest absolute Gasteiger partial charge is 0.195 e. The van der Waals surface area contributed by atoms with Crippen LogP contribution < -0.4 is 4.90 Å². The molecule has 5 nitrogen and oxygen atoms in total. The number of nitrogens with zero attached hydrogens (tertiary/aromatic N) is 4. The summed E-state index contributed by atoms with van der Waals surface area (Å²) in [6.45, 7) is 11.1. The van der Waals surface area contributed by atoms with Crippen LogP contribution in [0.3, 0.4) is 0 Å². The zero-order valence-electron chi connectivity index (χ0n) is 11.7. The fourth-order valence-electron chi connectivity index (χ4n) is 2.00. The van der Waals surface area contributed by atoms with Crippen molar-refractivity contribution >= 4 is 28.7 Å². The van der Waals surface area contributed by atoms with Crippen LogP contribution in [-0.2, 0) is 6.54 Å². The lowest BCUT2D eigenvalue weighted by Gasteiger charge is -2.16. The molecular weight excluding hydrogens is 278 g/mol. The summed E-state index contributed by atoms with van der Waals surface area (Å²) in [6, 6.07) is 0. The molecular formula is C12H19N5S2. The quantitative estimate of drug-likeness (QED) is 0.861. The SMILES string of the molecule is CCN(CC)c1nc(C)c(-c2n[nH]c(=S)n2CC)s1. The van der Waals surface area contributed by atoms with E-state index in [-0.39, 0.29) is 0 Å². The Labute approximate surface area is 122 Å². The topological polar surface area (TPSA) is 49.7 Å². The van der Waals surface area contributed by atoms with Gasteiger partial charge in [0.1, 0.15) is 0 Å². The number of aromatic nitrogens is 4. The van der Waals surface area contributed by atoms with Gasteiger partial charge in [0, 0.05) is 19.6 Å². The molecule has 2 heterocycles. The molecule has 0 spiro atoms. The van der Waals surface area contributed by atoms with E-state index in [2.05, 4.69) is 40.9 Å². The second-order valence-corrected chi connectivity index (χ2v) is 5.54. The van der Waals surface area contributed by atoms with Crippen LogP contribution in [0.4, 0.5) is 5.13 Å². The number of aryl methyl sites for hydroxylation is 1. The fourth-order valence-corrected chi connectivity index (χ4v) is 3.46. The van der Waals surface area contributed by atoms with Crippen molar-refractivity contribution in [3.63, 3.8) is 0 Å². The molecule has 7 heteroatoms. The van der Waals surface area contributed by atoms with Gasteiger partial charge in [0.05, 0.1) is 10.6 Å². The molecule has 0 atom stereocenters. The van der Waals surface area contributed by atoms with Gasteiger partial charge in [-0.2, -0.15) is 5.10 Å². The van der Waals surface area contributed by atoms with Crippen molar-refractivity contribution in [2.45, 2.75) is 34.2 Å². The standard InChI is InChI=1S/C12H19N5S2/c1-5-16(6-2)12-13-8(4)9(19-12)10-14-15-11(18)17(10)7-3/h5-7H2,1-4H3,(H,15,18). The Hall–Kier alpha value is -1.21. The normalized spacial score (nSPS) is 10.9.